The number of benzene rings is 3. The van der Waals surface area contributed by atoms with Gasteiger partial charge >= 0.3 is 5.97 Å². The average molecular weight is 661 g/mol. The first kappa shape index (κ1) is 33.3. The molecule has 3 aliphatic rings. The number of ether oxygens (including phenoxy) is 1. The van der Waals surface area contributed by atoms with E-state index >= 15 is 0 Å². The summed E-state index contributed by atoms with van der Waals surface area (Å²) in [6.07, 6.45) is 16.5. The van der Waals surface area contributed by atoms with Gasteiger partial charge in [-0.3, -0.25) is 4.79 Å². The molecule has 0 saturated carbocycles. The second kappa shape index (κ2) is 14.1. The lowest BCUT2D eigenvalue weighted by Gasteiger charge is -2.27. The van der Waals surface area contributed by atoms with Crippen molar-refractivity contribution in [2.75, 3.05) is 6.26 Å². The zero-order chi connectivity index (χ0) is 32.2. The third-order valence-electron chi connectivity index (χ3n) is 7.95. The van der Waals surface area contributed by atoms with Crippen molar-refractivity contribution in [3.05, 3.63) is 127 Å². The molecule has 3 aromatic carbocycles. The fourth-order valence-electron chi connectivity index (χ4n) is 5.91. The minimum Gasteiger partial charge on any atom is -0.460 e. The molecular formula is C38H41ClO4S2. The average Bonchev–Trinajstić information content (AvgIpc) is 3.00. The van der Waals surface area contributed by atoms with Crippen LogP contribution in [0.4, 0.5) is 0 Å². The van der Waals surface area contributed by atoms with Crippen LogP contribution in [0, 0.1) is 16.4 Å². The molecule has 0 aliphatic heterocycles. The molecular weight excluding hydrogens is 620 g/mol. The molecule has 0 heterocycles. The number of thioether (sulfide) groups is 1. The van der Waals surface area contributed by atoms with Crippen molar-refractivity contribution in [3.63, 3.8) is 0 Å². The lowest BCUT2D eigenvalue weighted by Crippen LogP contribution is -2.33. The molecule has 3 aliphatic carbocycles. The van der Waals surface area contributed by atoms with Gasteiger partial charge in [0, 0.05) is 28.7 Å². The van der Waals surface area contributed by atoms with Crippen molar-refractivity contribution in [2.45, 2.75) is 70.0 Å². The highest BCUT2D eigenvalue weighted by atomic mass is 35.5. The predicted octanol–water partition coefficient (Wildman–Crippen LogP) is 7.35. The molecule has 0 spiro atoms. The van der Waals surface area contributed by atoms with E-state index in [9.17, 15) is 13.2 Å². The first-order valence-corrected chi connectivity index (χ1v) is 18.9. The Labute approximate surface area is 276 Å². The summed E-state index contributed by atoms with van der Waals surface area (Å²) in [5, 5.41) is 5.31. The molecule has 0 saturated heterocycles. The summed E-state index contributed by atoms with van der Waals surface area (Å²) in [7, 11) is -3.07. The predicted molar refractivity (Wildman–Crippen MR) is 188 cm³/mol. The van der Waals surface area contributed by atoms with E-state index in [1.54, 1.807) is 11.8 Å². The summed E-state index contributed by atoms with van der Waals surface area (Å²) in [6, 6.07) is 18.2. The molecule has 7 heteroatoms. The number of allylic oxidation sites excluding steroid dienone is 4. The topological polar surface area (TPSA) is 60.4 Å². The lowest BCUT2D eigenvalue weighted by atomic mass is 9.84. The molecule has 0 N–H and O–H groups in total. The van der Waals surface area contributed by atoms with Gasteiger partial charge < -0.3 is 4.74 Å². The van der Waals surface area contributed by atoms with Gasteiger partial charge in [0.2, 0.25) is 0 Å². The minimum atomic E-state index is -3.07. The maximum Gasteiger partial charge on any atom is 0.310 e. The van der Waals surface area contributed by atoms with E-state index in [4.69, 9.17) is 16.3 Å². The number of carbonyl (C=O) groups is 1. The molecule has 1 unspecified atom stereocenters. The molecule has 3 aromatic rings. The number of esters is 1. The Bertz CT molecular complexity index is 1960. The van der Waals surface area contributed by atoms with Gasteiger partial charge in [0.25, 0.3) is 0 Å². The van der Waals surface area contributed by atoms with Crippen molar-refractivity contribution in [3.8, 4) is 0 Å². The Morgan fingerprint density at radius 3 is 2.24 bits per heavy atom. The summed E-state index contributed by atoms with van der Waals surface area (Å²) in [5.74, 6) is 0.463. The SMILES string of the molecule is C1=CCCC=C1.CC(C)(C)OC(=O)C1CC=c2ccc3c(c2C1)CC(SCc1ccc(CS(C)(=O)=O)cc1)=c1c(Cl)cccc1=3. The number of sulfone groups is 1. The number of halogens is 1. The molecule has 45 heavy (non-hydrogen) atoms. The van der Waals surface area contributed by atoms with E-state index in [1.807, 2.05) is 57.2 Å². The highest BCUT2D eigenvalue weighted by molar-refractivity contribution is 8.07. The van der Waals surface area contributed by atoms with Crippen molar-refractivity contribution >= 4 is 50.2 Å². The van der Waals surface area contributed by atoms with E-state index in [0.29, 0.717) is 12.8 Å². The molecule has 236 valence electrons. The van der Waals surface area contributed by atoms with E-state index in [0.717, 1.165) is 38.8 Å². The third-order valence-corrected chi connectivity index (χ3v) is 10.3. The smallest absolute Gasteiger partial charge is 0.310 e. The van der Waals surface area contributed by atoms with Gasteiger partial charge in [0.1, 0.15) is 5.60 Å². The van der Waals surface area contributed by atoms with Crippen LogP contribution in [0.3, 0.4) is 0 Å². The molecule has 1 atom stereocenters. The Balaban J connectivity index is 0.000000598. The van der Waals surface area contributed by atoms with Crippen LogP contribution in [0.2, 0.25) is 5.02 Å². The zero-order valence-electron chi connectivity index (χ0n) is 26.4. The van der Waals surface area contributed by atoms with Crippen LogP contribution in [-0.4, -0.2) is 26.2 Å². The largest absolute Gasteiger partial charge is 0.460 e. The molecule has 0 bridgehead atoms. The van der Waals surface area contributed by atoms with E-state index in [-0.39, 0.29) is 17.6 Å². The van der Waals surface area contributed by atoms with Gasteiger partial charge in [-0.25, -0.2) is 8.42 Å². The highest BCUT2D eigenvalue weighted by Crippen LogP contribution is 2.32. The second-order valence-corrected chi connectivity index (χ2v) is 16.5. The Morgan fingerprint density at radius 2 is 1.62 bits per heavy atom. The van der Waals surface area contributed by atoms with Crippen molar-refractivity contribution in [1.82, 2.24) is 0 Å². The normalized spacial score (nSPS) is 16.8. The fraction of sp³-hybridized carbons (Fsp3) is 0.342. The standard InChI is InChI=1S/C32H33ClO4S2.C6H8/c1-32(2,3)37-31(34)23-13-12-22-14-15-24-25-6-5-7-28(33)30(25)29(17-27(24)26(22)16-23)38-18-20-8-10-21(11-9-20)19-39(4,35)36;1-2-4-6-5-3-1/h5-12,14-15,23H,13,16-19H2,1-4H3;1-4H,5-6H2. The summed E-state index contributed by atoms with van der Waals surface area (Å²) in [5.41, 5.74) is 3.89. The Morgan fingerprint density at radius 1 is 0.933 bits per heavy atom. The first-order valence-electron chi connectivity index (χ1n) is 15.4. The van der Waals surface area contributed by atoms with Crippen LogP contribution in [0.5, 0.6) is 0 Å². The molecule has 0 amide bonds. The van der Waals surface area contributed by atoms with Gasteiger partial charge in [0.15, 0.2) is 9.84 Å². The Kier molecular flexibility index (Phi) is 10.5. The molecule has 0 radical (unpaired) electrons. The van der Waals surface area contributed by atoms with E-state index < -0.39 is 15.4 Å². The number of hydrogen-bond acceptors (Lipinski definition) is 5. The number of hydrogen-bond donors (Lipinski definition) is 0. The molecule has 4 nitrogen and oxygen atoms in total. The Hall–Kier alpha value is -3.06. The van der Waals surface area contributed by atoms with Crippen molar-refractivity contribution < 1.29 is 17.9 Å². The van der Waals surface area contributed by atoms with Gasteiger partial charge in [-0.2, -0.15) is 0 Å². The van der Waals surface area contributed by atoms with Gasteiger partial charge in [-0.15, -0.1) is 11.8 Å². The van der Waals surface area contributed by atoms with Gasteiger partial charge in [-0.05, 0) is 95.3 Å². The summed E-state index contributed by atoms with van der Waals surface area (Å²) < 4.78 is 29.0. The summed E-state index contributed by atoms with van der Waals surface area (Å²) in [4.78, 5) is 14.2. The zero-order valence-corrected chi connectivity index (χ0v) is 28.8. The summed E-state index contributed by atoms with van der Waals surface area (Å²) in [6.45, 7) is 5.73. The van der Waals surface area contributed by atoms with Crippen LogP contribution in [0.25, 0.3) is 11.0 Å². The monoisotopic (exact) mass is 660 g/mol. The van der Waals surface area contributed by atoms with Gasteiger partial charge in [0.05, 0.1) is 11.7 Å². The number of rotatable bonds is 6. The quantitative estimate of drug-likeness (QED) is 0.259. The van der Waals surface area contributed by atoms with Crippen LogP contribution < -0.4 is 10.4 Å². The highest BCUT2D eigenvalue weighted by Gasteiger charge is 2.29. The lowest BCUT2D eigenvalue weighted by molar-refractivity contribution is -0.159. The first-order chi connectivity index (χ1) is 21.4. The van der Waals surface area contributed by atoms with Gasteiger partial charge in [-0.1, -0.05) is 90.5 Å². The summed E-state index contributed by atoms with van der Waals surface area (Å²) >= 11 is 8.55. The maximum atomic E-state index is 13.0. The minimum absolute atomic E-state index is 0.0456. The van der Waals surface area contributed by atoms with E-state index in [2.05, 4.69) is 48.6 Å². The van der Waals surface area contributed by atoms with Crippen LogP contribution in [0.15, 0.2) is 78.9 Å². The second-order valence-electron chi connectivity index (χ2n) is 12.9. The number of carbonyl (C=O) groups excluding carboxylic acids is 1. The van der Waals surface area contributed by atoms with Crippen molar-refractivity contribution in [2.24, 2.45) is 5.92 Å². The molecule has 6 rings (SSSR count). The molecule has 0 fully saturated rings. The molecule has 0 aromatic heterocycles. The maximum absolute atomic E-state index is 13.0. The van der Waals surface area contributed by atoms with Crippen LogP contribution in [-0.2, 0) is 43.7 Å². The number of fused-ring (bicyclic) bond motifs is 4. The fourth-order valence-corrected chi connectivity index (χ4v) is 8.20. The van der Waals surface area contributed by atoms with Crippen LogP contribution in [0.1, 0.15) is 62.3 Å². The third kappa shape index (κ3) is 8.81. The van der Waals surface area contributed by atoms with Crippen LogP contribution >= 0.6 is 23.4 Å². The van der Waals surface area contributed by atoms with E-state index in [1.165, 1.54) is 45.6 Å². The van der Waals surface area contributed by atoms with Crippen molar-refractivity contribution in [1.29, 1.82) is 0 Å².